The van der Waals surface area contributed by atoms with Crippen LogP contribution in [0.25, 0.3) is 11.5 Å². The van der Waals surface area contributed by atoms with Gasteiger partial charge in [0.15, 0.2) is 23.0 Å². The van der Waals surface area contributed by atoms with E-state index in [1.807, 2.05) is 30.3 Å². The second-order valence-corrected chi connectivity index (χ2v) is 7.46. The molecule has 3 aromatic rings. The molecule has 1 N–H and O–H groups in total. The summed E-state index contributed by atoms with van der Waals surface area (Å²) in [4.78, 5) is 12.2. The van der Waals surface area contributed by atoms with Gasteiger partial charge in [0.25, 0.3) is 5.22 Å². The van der Waals surface area contributed by atoms with Gasteiger partial charge in [-0.2, -0.15) is 0 Å². The highest BCUT2D eigenvalue weighted by Gasteiger charge is 2.21. The molecule has 5 rings (SSSR count). The molecule has 0 saturated carbocycles. The van der Waals surface area contributed by atoms with Crippen molar-refractivity contribution in [2.24, 2.45) is 0 Å². The van der Waals surface area contributed by atoms with E-state index in [2.05, 4.69) is 15.5 Å². The molecular formula is C20H17N3O6S. The highest BCUT2D eigenvalue weighted by atomic mass is 32.2. The third kappa shape index (κ3) is 3.99. The van der Waals surface area contributed by atoms with Crippen molar-refractivity contribution in [2.75, 3.05) is 25.7 Å². The van der Waals surface area contributed by atoms with Crippen molar-refractivity contribution in [3.05, 3.63) is 42.5 Å². The standard InChI is InChI=1S/C20H17N3O6S/c24-18(21-8-13-9-25-14-3-1-2-4-16(14)28-13)10-30-20-23-22-19(29-20)12-5-6-15-17(7-12)27-11-26-15/h1-7,13H,8-11H2,(H,21,24)/t13-/m0/s1. The fraction of sp³-hybridized carbons (Fsp3) is 0.250. The molecule has 3 heterocycles. The monoisotopic (exact) mass is 427 g/mol. The van der Waals surface area contributed by atoms with E-state index >= 15 is 0 Å². The zero-order valence-corrected chi connectivity index (χ0v) is 16.5. The Morgan fingerprint density at radius 3 is 2.80 bits per heavy atom. The maximum absolute atomic E-state index is 12.2. The Morgan fingerprint density at radius 2 is 1.87 bits per heavy atom. The molecule has 1 amide bonds. The maximum Gasteiger partial charge on any atom is 0.277 e. The first-order valence-electron chi connectivity index (χ1n) is 9.26. The molecular weight excluding hydrogens is 410 g/mol. The lowest BCUT2D eigenvalue weighted by atomic mass is 10.2. The van der Waals surface area contributed by atoms with Gasteiger partial charge in [-0.1, -0.05) is 23.9 Å². The SMILES string of the molecule is O=C(CSc1nnc(-c2ccc3c(c2)OCO3)o1)NC[C@H]1COc2ccccc2O1. The van der Waals surface area contributed by atoms with Crippen LogP contribution in [0.1, 0.15) is 0 Å². The quantitative estimate of drug-likeness (QED) is 0.594. The highest BCUT2D eigenvalue weighted by molar-refractivity contribution is 7.99. The number of hydrogen-bond donors (Lipinski definition) is 1. The van der Waals surface area contributed by atoms with Crippen LogP contribution in [0, 0.1) is 0 Å². The van der Waals surface area contributed by atoms with Crippen LogP contribution in [-0.2, 0) is 4.79 Å². The zero-order chi connectivity index (χ0) is 20.3. The molecule has 0 aliphatic carbocycles. The minimum Gasteiger partial charge on any atom is -0.486 e. The van der Waals surface area contributed by atoms with Gasteiger partial charge < -0.3 is 28.7 Å². The van der Waals surface area contributed by atoms with Crippen LogP contribution in [0.2, 0.25) is 0 Å². The van der Waals surface area contributed by atoms with Crippen LogP contribution in [0.3, 0.4) is 0 Å². The predicted molar refractivity (Wildman–Crippen MR) is 106 cm³/mol. The van der Waals surface area contributed by atoms with Crippen molar-refractivity contribution in [3.63, 3.8) is 0 Å². The summed E-state index contributed by atoms with van der Waals surface area (Å²) in [6, 6.07) is 12.8. The van der Waals surface area contributed by atoms with E-state index in [1.165, 1.54) is 0 Å². The molecule has 30 heavy (non-hydrogen) atoms. The molecule has 0 saturated heterocycles. The van der Waals surface area contributed by atoms with Gasteiger partial charge in [-0.15, -0.1) is 10.2 Å². The Balaban J connectivity index is 1.11. The molecule has 0 radical (unpaired) electrons. The minimum atomic E-state index is -0.241. The van der Waals surface area contributed by atoms with Crippen molar-refractivity contribution < 1.29 is 28.2 Å². The second kappa shape index (κ2) is 8.15. The van der Waals surface area contributed by atoms with Gasteiger partial charge in [0.1, 0.15) is 12.7 Å². The Bertz CT molecular complexity index is 1070. The molecule has 0 bridgehead atoms. The van der Waals surface area contributed by atoms with Crippen LogP contribution in [0.5, 0.6) is 23.0 Å². The van der Waals surface area contributed by atoms with E-state index in [0.29, 0.717) is 47.3 Å². The largest absolute Gasteiger partial charge is 0.486 e. The summed E-state index contributed by atoms with van der Waals surface area (Å²) in [5.41, 5.74) is 0.720. The molecule has 9 nitrogen and oxygen atoms in total. The van der Waals surface area contributed by atoms with E-state index in [1.54, 1.807) is 12.1 Å². The summed E-state index contributed by atoms with van der Waals surface area (Å²) < 4.78 is 27.7. The second-order valence-electron chi connectivity index (χ2n) is 6.53. The molecule has 1 aromatic heterocycles. The predicted octanol–water partition coefficient (Wildman–Crippen LogP) is 2.51. The minimum absolute atomic E-state index is 0.146. The van der Waals surface area contributed by atoms with Crippen LogP contribution in [0.15, 0.2) is 52.1 Å². The van der Waals surface area contributed by atoms with Crippen LogP contribution in [0.4, 0.5) is 0 Å². The Labute approximate surface area is 175 Å². The van der Waals surface area contributed by atoms with E-state index in [0.717, 1.165) is 17.3 Å². The van der Waals surface area contributed by atoms with Gasteiger partial charge in [0.2, 0.25) is 18.6 Å². The highest BCUT2D eigenvalue weighted by Crippen LogP contribution is 2.36. The lowest BCUT2D eigenvalue weighted by molar-refractivity contribution is -0.119. The molecule has 2 aliphatic heterocycles. The van der Waals surface area contributed by atoms with Crippen LogP contribution < -0.4 is 24.3 Å². The van der Waals surface area contributed by atoms with Gasteiger partial charge >= 0.3 is 0 Å². The number of fused-ring (bicyclic) bond motifs is 2. The fourth-order valence-electron chi connectivity index (χ4n) is 2.98. The van der Waals surface area contributed by atoms with E-state index in [4.69, 9.17) is 23.4 Å². The summed E-state index contributed by atoms with van der Waals surface area (Å²) in [6.07, 6.45) is -0.241. The average molecular weight is 427 g/mol. The maximum atomic E-state index is 12.2. The van der Waals surface area contributed by atoms with Crippen LogP contribution in [-0.4, -0.2) is 47.9 Å². The van der Waals surface area contributed by atoms with Crippen molar-refractivity contribution in [1.82, 2.24) is 15.5 Å². The number of nitrogens with one attached hydrogen (secondary N) is 1. The van der Waals surface area contributed by atoms with E-state index < -0.39 is 0 Å². The summed E-state index contributed by atoms with van der Waals surface area (Å²) >= 11 is 1.16. The Hall–Kier alpha value is -3.40. The van der Waals surface area contributed by atoms with Crippen molar-refractivity contribution >= 4 is 17.7 Å². The van der Waals surface area contributed by atoms with Crippen molar-refractivity contribution in [1.29, 1.82) is 0 Å². The number of thioether (sulfide) groups is 1. The smallest absolute Gasteiger partial charge is 0.277 e. The summed E-state index contributed by atoms with van der Waals surface area (Å²) in [5, 5.41) is 11.2. The molecule has 0 spiro atoms. The lowest BCUT2D eigenvalue weighted by Crippen LogP contribution is -2.41. The summed E-state index contributed by atoms with van der Waals surface area (Å²) in [7, 11) is 0. The number of rotatable bonds is 6. The number of benzene rings is 2. The van der Waals surface area contributed by atoms with Crippen LogP contribution >= 0.6 is 11.8 Å². The number of hydrogen-bond acceptors (Lipinski definition) is 9. The third-order valence-electron chi connectivity index (χ3n) is 4.45. The number of amides is 1. The third-order valence-corrected chi connectivity index (χ3v) is 5.27. The normalized spacial score (nSPS) is 16.3. The molecule has 2 aromatic carbocycles. The average Bonchev–Trinajstić information content (AvgIpc) is 3.45. The number of carbonyl (C=O) groups is 1. The molecule has 10 heteroatoms. The zero-order valence-electron chi connectivity index (χ0n) is 15.7. The first-order chi connectivity index (χ1) is 14.7. The molecule has 2 aliphatic rings. The Kier molecular flexibility index (Phi) is 5.06. The van der Waals surface area contributed by atoms with E-state index in [9.17, 15) is 4.79 Å². The lowest BCUT2D eigenvalue weighted by Gasteiger charge is -2.26. The van der Waals surface area contributed by atoms with Crippen molar-refractivity contribution in [3.8, 4) is 34.5 Å². The first-order valence-corrected chi connectivity index (χ1v) is 10.2. The topological polar surface area (TPSA) is 105 Å². The van der Waals surface area contributed by atoms with Crippen molar-refractivity contribution in [2.45, 2.75) is 11.3 Å². The summed E-state index contributed by atoms with van der Waals surface area (Å²) in [5.74, 6) is 3.04. The van der Waals surface area contributed by atoms with Gasteiger partial charge in [0.05, 0.1) is 12.3 Å². The molecule has 0 unspecified atom stereocenters. The van der Waals surface area contributed by atoms with Gasteiger partial charge in [-0.3, -0.25) is 4.79 Å². The number of nitrogens with zero attached hydrogens (tertiary/aromatic N) is 2. The number of aromatic nitrogens is 2. The molecule has 1 atom stereocenters. The summed E-state index contributed by atoms with van der Waals surface area (Å²) in [6.45, 7) is 0.927. The number of para-hydroxylation sites is 2. The Morgan fingerprint density at radius 1 is 1.03 bits per heavy atom. The first kappa shape index (κ1) is 18.6. The molecule has 0 fully saturated rings. The van der Waals surface area contributed by atoms with Gasteiger partial charge in [-0.05, 0) is 30.3 Å². The van der Waals surface area contributed by atoms with E-state index in [-0.39, 0.29) is 24.6 Å². The number of ether oxygens (including phenoxy) is 4. The van der Waals surface area contributed by atoms with Gasteiger partial charge in [0, 0.05) is 5.56 Å². The number of carbonyl (C=O) groups excluding carboxylic acids is 1. The molecule has 154 valence electrons. The van der Waals surface area contributed by atoms with Gasteiger partial charge in [-0.25, -0.2) is 0 Å². The fourth-order valence-corrected chi connectivity index (χ4v) is 3.58.